The standard InChI is InChI=1S/C17H20N6O3.C6H12O2/c1-2-3-8-26-16-21-13(18)12-15(22-16)23(17(25)20-12)9-10-4-6-11(7-5-10)14(19)24;1-2-3-4-5-6(7)8/h4-7H,2-3,8-9H2,1H3,(H2,19,24)(H,20,25)(H2,18,21,22);2-5H2,1H3,(H,7,8). The molecule has 6 N–H and O–H groups in total. The van der Waals surface area contributed by atoms with Gasteiger partial charge in [0.05, 0.1) is 13.2 Å². The number of imidazole rings is 1. The van der Waals surface area contributed by atoms with Crippen LogP contribution in [0.5, 0.6) is 12.0 Å². The number of aliphatic carboxylic acids is 1. The molecule has 3 aromatic rings. The number of aromatic hydroxyl groups is 1. The van der Waals surface area contributed by atoms with E-state index >= 15 is 0 Å². The van der Waals surface area contributed by atoms with Gasteiger partial charge in [0.2, 0.25) is 5.91 Å². The number of amides is 1. The molecule has 0 radical (unpaired) electrons. The molecular formula is C23H32N6O5. The molecule has 0 atom stereocenters. The fraction of sp³-hybridized carbons (Fsp3) is 0.435. The van der Waals surface area contributed by atoms with E-state index in [0.29, 0.717) is 29.8 Å². The van der Waals surface area contributed by atoms with Crippen LogP contribution < -0.4 is 16.2 Å². The van der Waals surface area contributed by atoms with Crippen molar-refractivity contribution in [3.63, 3.8) is 0 Å². The monoisotopic (exact) mass is 472 g/mol. The maximum absolute atomic E-state index is 11.2. The Balaban J connectivity index is 0.000000440. The second-order valence-electron chi connectivity index (χ2n) is 7.68. The van der Waals surface area contributed by atoms with Crippen LogP contribution in [0.25, 0.3) is 11.2 Å². The molecule has 0 aliphatic rings. The fourth-order valence-corrected chi connectivity index (χ4v) is 2.99. The van der Waals surface area contributed by atoms with Crippen molar-refractivity contribution in [1.82, 2.24) is 19.5 Å². The molecule has 11 heteroatoms. The van der Waals surface area contributed by atoms with Gasteiger partial charge in [-0.05, 0) is 30.5 Å². The lowest BCUT2D eigenvalue weighted by molar-refractivity contribution is -0.137. The van der Waals surface area contributed by atoms with E-state index in [0.717, 1.165) is 37.7 Å². The van der Waals surface area contributed by atoms with Crippen LogP contribution in [0, 0.1) is 0 Å². The minimum atomic E-state index is -0.682. The highest BCUT2D eigenvalue weighted by molar-refractivity contribution is 5.92. The number of carboxylic acids is 1. The zero-order chi connectivity index (χ0) is 25.1. The Morgan fingerprint density at radius 3 is 2.29 bits per heavy atom. The molecule has 0 fully saturated rings. The van der Waals surface area contributed by atoms with E-state index in [-0.39, 0.29) is 24.4 Å². The number of nitrogens with zero attached hydrogens (tertiary/aromatic N) is 4. The predicted octanol–water partition coefficient (Wildman–Crippen LogP) is 3.09. The third-order valence-corrected chi connectivity index (χ3v) is 4.88. The van der Waals surface area contributed by atoms with Crippen molar-refractivity contribution in [1.29, 1.82) is 0 Å². The Bertz CT molecular complexity index is 1100. The normalized spacial score (nSPS) is 10.5. The Labute approximate surface area is 197 Å². The lowest BCUT2D eigenvalue weighted by Gasteiger charge is -2.08. The van der Waals surface area contributed by atoms with Crippen molar-refractivity contribution in [2.45, 2.75) is 58.9 Å². The molecule has 3 rings (SSSR count). The summed E-state index contributed by atoms with van der Waals surface area (Å²) in [4.78, 5) is 33.5. The third-order valence-electron chi connectivity index (χ3n) is 4.88. The average Bonchev–Trinajstić information content (AvgIpc) is 3.10. The highest BCUT2D eigenvalue weighted by Crippen LogP contribution is 2.25. The maximum Gasteiger partial charge on any atom is 0.320 e. The summed E-state index contributed by atoms with van der Waals surface area (Å²) in [6.07, 6.45) is 5.13. The largest absolute Gasteiger partial charge is 0.481 e. The summed E-state index contributed by atoms with van der Waals surface area (Å²) in [6.45, 7) is 4.88. The number of anilines is 1. The number of nitrogen functional groups attached to an aromatic ring is 1. The quantitative estimate of drug-likeness (QED) is 0.305. The van der Waals surface area contributed by atoms with Gasteiger partial charge in [-0.3, -0.25) is 14.2 Å². The summed E-state index contributed by atoms with van der Waals surface area (Å²) in [5, 5.41) is 18.3. The molecule has 34 heavy (non-hydrogen) atoms. The van der Waals surface area contributed by atoms with Crippen LogP contribution in [0.3, 0.4) is 0 Å². The first-order valence-electron chi connectivity index (χ1n) is 11.2. The molecule has 0 spiro atoms. The van der Waals surface area contributed by atoms with E-state index in [4.69, 9.17) is 21.3 Å². The summed E-state index contributed by atoms with van der Waals surface area (Å²) < 4.78 is 7.01. The van der Waals surface area contributed by atoms with Gasteiger partial charge in [0.15, 0.2) is 17.0 Å². The van der Waals surface area contributed by atoms with Crippen LogP contribution in [0.4, 0.5) is 5.82 Å². The first-order valence-corrected chi connectivity index (χ1v) is 11.2. The van der Waals surface area contributed by atoms with Gasteiger partial charge in [0.25, 0.3) is 6.01 Å². The number of primary amides is 1. The number of nitrogens with two attached hydrogens (primary N) is 2. The SMILES string of the molecule is CCCCCC(=O)O.CCCCOc1nc(N)c2nc(O)n(Cc3ccc(C(N)=O)cc3)c2n1. The molecule has 184 valence electrons. The molecule has 1 aromatic carbocycles. The first kappa shape index (κ1) is 26.4. The smallest absolute Gasteiger partial charge is 0.320 e. The summed E-state index contributed by atoms with van der Waals surface area (Å²) in [5.41, 5.74) is 13.1. The number of hydrogen-bond acceptors (Lipinski definition) is 8. The molecule has 2 heterocycles. The number of carboxylic acid groups (broad SMARTS) is 1. The molecule has 0 aliphatic heterocycles. The van der Waals surface area contributed by atoms with E-state index in [1.54, 1.807) is 24.3 Å². The zero-order valence-electron chi connectivity index (χ0n) is 19.5. The lowest BCUT2D eigenvalue weighted by Crippen LogP contribution is -2.11. The zero-order valence-corrected chi connectivity index (χ0v) is 19.5. The number of unbranched alkanes of at least 4 members (excludes halogenated alkanes) is 3. The molecule has 1 amide bonds. The van der Waals surface area contributed by atoms with Gasteiger partial charge in [0.1, 0.15) is 0 Å². The van der Waals surface area contributed by atoms with Crippen molar-refractivity contribution in [2.24, 2.45) is 5.73 Å². The Morgan fingerprint density at radius 2 is 1.71 bits per heavy atom. The number of carbonyl (C=O) groups excluding carboxylic acids is 1. The molecule has 0 saturated carbocycles. The first-order chi connectivity index (χ1) is 16.3. The van der Waals surface area contributed by atoms with Gasteiger partial charge in [-0.2, -0.15) is 15.0 Å². The van der Waals surface area contributed by atoms with Crippen molar-refractivity contribution in [2.75, 3.05) is 12.3 Å². The number of rotatable bonds is 11. The predicted molar refractivity (Wildman–Crippen MR) is 128 cm³/mol. The van der Waals surface area contributed by atoms with Crippen LogP contribution in [-0.2, 0) is 11.3 Å². The second-order valence-corrected chi connectivity index (χ2v) is 7.68. The Morgan fingerprint density at radius 1 is 1.03 bits per heavy atom. The minimum absolute atomic E-state index is 0.139. The number of hydrogen-bond donors (Lipinski definition) is 4. The Hall–Kier alpha value is -3.89. The van der Waals surface area contributed by atoms with Crippen LogP contribution in [0.1, 0.15) is 68.3 Å². The lowest BCUT2D eigenvalue weighted by atomic mass is 10.1. The highest BCUT2D eigenvalue weighted by Gasteiger charge is 2.17. The van der Waals surface area contributed by atoms with E-state index in [1.807, 2.05) is 0 Å². The molecule has 11 nitrogen and oxygen atoms in total. The number of fused-ring (bicyclic) bond motifs is 1. The van der Waals surface area contributed by atoms with E-state index < -0.39 is 11.9 Å². The number of carbonyl (C=O) groups is 2. The van der Waals surface area contributed by atoms with Gasteiger partial charge in [-0.1, -0.05) is 45.2 Å². The van der Waals surface area contributed by atoms with Crippen molar-refractivity contribution < 1.29 is 24.5 Å². The summed E-state index contributed by atoms with van der Waals surface area (Å²) >= 11 is 0. The number of ether oxygens (including phenoxy) is 1. The van der Waals surface area contributed by atoms with Crippen molar-refractivity contribution >= 4 is 28.9 Å². The summed E-state index contributed by atoms with van der Waals surface area (Å²) in [5.74, 6) is -1.04. The molecule has 0 saturated heterocycles. The molecule has 2 aromatic heterocycles. The van der Waals surface area contributed by atoms with Crippen LogP contribution in [0.2, 0.25) is 0 Å². The van der Waals surface area contributed by atoms with Crippen LogP contribution in [-0.4, -0.2) is 48.2 Å². The minimum Gasteiger partial charge on any atom is -0.481 e. The fourth-order valence-electron chi connectivity index (χ4n) is 2.99. The Kier molecular flexibility index (Phi) is 10.1. The van der Waals surface area contributed by atoms with E-state index in [1.165, 1.54) is 4.57 Å². The topological polar surface area (TPSA) is 179 Å². The van der Waals surface area contributed by atoms with Gasteiger partial charge in [-0.15, -0.1) is 0 Å². The second kappa shape index (κ2) is 13.0. The number of aromatic nitrogens is 4. The van der Waals surface area contributed by atoms with Crippen LogP contribution >= 0.6 is 0 Å². The molecule has 0 bridgehead atoms. The van der Waals surface area contributed by atoms with Crippen LogP contribution in [0.15, 0.2) is 24.3 Å². The summed E-state index contributed by atoms with van der Waals surface area (Å²) in [7, 11) is 0. The number of benzene rings is 1. The van der Waals surface area contributed by atoms with E-state index in [2.05, 4.69) is 28.8 Å². The van der Waals surface area contributed by atoms with Gasteiger partial charge >= 0.3 is 12.0 Å². The molecule has 0 aliphatic carbocycles. The van der Waals surface area contributed by atoms with Gasteiger partial charge in [0, 0.05) is 12.0 Å². The average molecular weight is 473 g/mol. The maximum atomic E-state index is 11.2. The van der Waals surface area contributed by atoms with E-state index in [9.17, 15) is 14.7 Å². The van der Waals surface area contributed by atoms with Gasteiger partial charge in [-0.25, -0.2) is 0 Å². The summed E-state index contributed by atoms with van der Waals surface area (Å²) in [6, 6.07) is 6.65. The van der Waals surface area contributed by atoms with Crippen molar-refractivity contribution in [3.8, 4) is 12.0 Å². The highest BCUT2D eigenvalue weighted by atomic mass is 16.5. The third kappa shape index (κ3) is 7.61. The van der Waals surface area contributed by atoms with Crippen molar-refractivity contribution in [3.05, 3.63) is 35.4 Å². The molecular weight excluding hydrogens is 440 g/mol. The molecule has 0 unspecified atom stereocenters. The van der Waals surface area contributed by atoms with Gasteiger partial charge < -0.3 is 26.4 Å².